The molecule has 84 valence electrons. The SMILES string of the molecule is O/N=C1\CCCc2cc3c(cc21)OCCO3. The fraction of sp³-hybridized carbons (Fsp3) is 0.417. The maximum absolute atomic E-state index is 8.96. The molecule has 3 rings (SSSR count). The summed E-state index contributed by atoms with van der Waals surface area (Å²) in [5.74, 6) is 1.57. The minimum atomic E-state index is 0.581. The second-order valence-corrected chi connectivity index (χ2v) is 4.05. The van der Waals surface area contributed by atoms with Crippen molar-refractivity contribution in [2.24, 2.45) is 5.16 Å². The molecular formula is C12H13NO3. The number of benzene rings is 1. The molecule has 0 radical (unpaired) electrons. The molecule has 0 saturated heterocycles. The van der Waals surface area contributed by atoms with E-state index in [1.807, 2.05) is 12.1 Å². The molecule has 0 fully saturated rings. The predicted octanol–water partition coefficient (Wildman–Crippen LogP) is 1.97. The molecule has 0 amide bonds. The van der Waals surface area contributed by atoms with Gasteiger partial charge in [-0.05, 0) is 37.0 Å². The van der Waals surface area contributed by atoms with E-state index in [2.05, 4.69) is 5.16 Å². The third kappa shape index (κ3) is 1.41. The number of nitrogens with zero attached hydrogens (tertiary/aromatic N) is 1. The van der Waals surface area contributed by atoms with Crippen molar-refractivity contribution < 1.29 is 14.7 Å². The molecule has 1 aromatic rings. The number of oxime groups is 1. The van der Waals surface area contributed by atoms with Gasteiger partial charge in [0.05, 0.1) is 5.71 Å². The van der Waals surface area contributed by atoms with E-state index in [0.717, 1.165) is 42.0 Å². The van der Waals surface area contributed by atoms with E-state index in [1.54, 1.807) is 0 Å². The summed E-state index contributed by atoms with van der Waals surface area (Å²) in [6, 6.07) is 3.94. The van der Waals surface area contributed by atoms with Gasteiger partial charge >= 0.3 is 0 Å². The molecule has 1 heterocycles. The lowest BCUT2D eigenvalue weighted by atomic mass is 9.89. The van der Waals surface area contributed by atoms with Gasteiger partial charge in [0.15, 0.2) is 11.5 Å². The minimum absolute atomic E-state index is 0.581. The fourth-order valence-corrected chi connectivity index (χ4v) is 2.29. The largest absolute Gasteiger partial charge is 0.486 e. The molecule has 1 aliphatic carbocycles. The second-order valence-electron chi connectivity index (χ2n) is 4.05. The van der Waals surface area contributed by atoms with Gasteiger partial charge in [-0.25, -0.2) is 0 Å². The van der Waals surface area contributed by atoms with Crippen LogP contribution < -0.4 is 9.47 Å². The first-order valence-electron chi connectivity index (χ1n) is 5.52. The first kappa shape index (κ1) is 9.51. The van der Waals surface area contributed by atoms with Crippen molar-refractivity contribution in [3.63, 3.8) is 0 Å². The molecule has 1 aromatic carbocycles. The van der Waals surface area contributed by atoms with Crippen molar-refractivity contribution in [1.82, 2.24) is 0 Å². The highest BCUT2D eigenvalue weighted by Gasteiger charge is 2.21. The van der Waals surface area contributed by atoms with Crippen molar-refractivity contribution in [2.75, 3.05) is 13.2 Å². The normalized spacial score (nSPS) is 20.6. The zero-order valence-electron chi connectivity index (χ0n) is 8.90. The second kappa shape index (κ2) is 3.70. The summed E-state index contributed by atoms with van der Waals surface area (Å²) in [4.78, 5) is 0. The van der Waals surface area contributed by atoms with Crippen LogP contribution in [0.15, 0.2) is 17.3 Å². The molecule has 1 N–H and O–H groups in total. The number of aryl methyl sites for hydroxylation is 1. The maximum atomic E-state index is 8.96. The molecule has 0 spiro atoms. The maximum Gasteiger partial charge on any atom is 0.162 e. The number of rotatable bonds is 0. The topological polar surface area (TPSA) is 51.1 Å². The summed E-state index contributed by atoms with van der Waals surface area (Å²) in [6.45, 7) is 1.18. The summed E-state index contributed by atoms with van der Waals surface area (Å²) < 4.78 is 11.1. The molecule has 1 aliphatic heterocycles. The predicted molar refractivity (Wildman–Crippen MR) is 58.7 cm³/mol. The standard InChI is InChI=1S/C12H13NO3/c14-13-10-3-1-2-8-6-11-12(7-9(8)10)16-5-4-15-11/h6-7,14H,1-5H2/b13-10+. The van der Waals surface area contributed by atoms with Crippen molar-refractivity contribution in [3.8, 4) is 11.5 Å². The molecule has 0 atom stereocenters. The lowest BCUT2D eigenvalue weighted by molar-refractivity contribution is 0.171. The molecule has 2 aliphatic rings. The molecule has 4 heteroatoms. The Hall–Kier alpha value is -1.71. The Morgan fingerprint density at radius 3 is 2.56 bits per heavy atom. The summed E-state index contributed by atoms with van der Waals surface area (Å²) in [6.07, 6.45) is 2.85. The van der Waals surface area contributed by atoms with Gasteiger partial charge in [-0.3, -0.25) is 0 Å². The van der Waals surface area contributed by atoms with Crippen LogP contribution in [0, 0.1) is 0 Å². The highest BCUT2D eigenvalue weighted by atomic mass is 16.6. The smallest absolute Gasteiger partial charge is 0.162 e. The summed E-state index contributed by atoms with van der Waals surface area (Å²) in [5.41, 5.74) is 2.93. The van der Waals surface area contributed by atoms with Crippen LogP contribution in [0.1, 0.15) is 24.0 Å². The number of hydrogen-bond acceptors (Lipinski definition) is 4. The average molecular weight is 219 g/mol. The summed E-state index contributed by atoms with van der Waals surface area (Å²) in [5, 5.41) is 12.3. The lowest BCUT2D eigenvalue weighted by Gasteiger charge is -2.23. The molecule has 0 bridgehead atoms. The van der Waals surface area contributed by atoms with Crippen LogP contribution in [0.25, 0.3) is 0 Å². The van der Waals surface area contributed by atoms with Gasteiger partial charge in [0.1, 0.15) is 13.2 Å². The Morgan fingerprint density at radius 2 is 1.81 bits per heavy atom. The Bertz CT molecular complexity index is 454. The zero-order chi connectivity index (χ0) is 11.0. The lowest BCUT2D eigenvalue weighted by Crippen LogP contribution is -2.18. The molecule has 16 heavy (non-hydrogen) atoms. The molecular weight excluding hydrogens is 206 g/mol. The molecule has 4 nitrogen and oxygen atoms in total. The molecule has 0 saturated carbocycles. The van der Waals surface area contributed by atoms with Crippen LogP contribution in [0.2, 0.25) is 0 Å². The Labute approximate surface area is 93.5 Å². The van der Waals surface area contributed by atoms with E-state index >= 15 is 0 Å². The Morgan fingerprint density at radius 1 is 1.06 bits per heavy atom. The van der Waals surface area contributed by atoms with Gasteiger partial charge in [0.25, 0.3) is 0 Å². The molecule has 0 unspecified atom stereocenters. The first-order valence-corrected chi connectivity index (χ1v) is 5.52. The highest BCUT2D eigenvalue weighted by Crippen LogP contribution is 2.36. The van der Waals surface area contributed by atoms with Crippen molar-refractivity contribution in [2.45, 2.75) is 19.3 Å². The number of fused-ring (bicyclic) bond motifs is 2. The van der Waals surface area contributed by atoms with E-state index in [-0.39, 0.29) is 0 Å². The third-order valence-electron chi connectivity index (χ3n) is 3.06. The minimum Gasteiger partial charge on any atom is -0.486 e. The first-order chi connectivity index (χ1) is 7.88. The average Bonchev–Trinajstić information content (AvgIpc) is 2.35. The number of ether oxygens (including phenoxy) is 2. The van der Waals surface area contributed by atoms with Gasteiger partial charge in [0, 0.05) is 5.56 Å². The Balaban J connectivity index is 2.12. The van der Waals surface area contributed by atoms with Crippen LogP contribution in [0.5, 0.6) is 11.5 Å². The van der Waals surface area contributed by atoms with Gasteiger partial charge in [0.2, 0.25) is 0 Å². The van der Waals surface area contributed by atoms with E-state index in [0.29, 0.717) is 13.2 Å². The van der Waals surface area contributed by atoms with E-state index in [9.17, 15) is 0 Å². The van der Waals surface area contributed by atoms with Gasteiger partial charge in [-0.2, -0.15) is 0 Å². The van der Waals surface area contributed by atoms with Crippen molar-refractivity contribution >= 4 is 5.71 Å². The van der Waals surface area contributed by atoms with E-state index in [1.165, 1.54) is 5.56 Å². The third-order valence-corrected chi connectivity index (χ3v) is 3.06. The van der Waals surface area contributed by atoms with Gasteiger partial charge in [-0.15, -0.1) is 0 Å². The van der Waals surface area contributed by atoms with Crippen LogP contribution in [-0.2, 0) is 6.42 Å². The van der Waals surface area contributed by atoms with Crippen LogP contribution in [-0.4, -0.2) is 24.1 Å². The summed E-state index contributed by atoms with van der Waals surface area (Å²) >= 11 is 0. The summed E-state index contributed by atoms with van der Waals surface area (Å²) in [7, 11) is 0. The monoisotopic (exact) mass is 219 g/mol. The Kier molecular flexibility index (Phi) is 2.20. The zero-order valence-corrected chi connectivity index (χ0v) is 8.90. The number of hydrogen-bond donors (Lipinski definition) is 1. The van der Waals surface area contributed by atoms with Crippen molar-refractivity contribution in [1.29, 1.82) is 0 Å². The quantitative estimate of drug-likeness (QED) is 0.536. The van der Waals surface area contributed by atoms with Crippen LogP contribution in [0.3, 0.4) is 0 Å². The van der Waals surface area contributed by atoms with Gasteiger partial charge in [-0.1, -0.05) is 5.16 Å². The van der Waals surface area contributed by atoms with Crippen LogP contribution in [0.4, 0.5) is 0 Å². The van der Waals surface area contributed by atoms with Crippen LogP contribution >= 0.6 is 0 Å². The fourth-order valence-electron chi connectivity index (χ4n) is 2.29. The molecule has 0 aromatic heterocycles. The van der Waals surface area contributed by atoms with Crippen molar-refractivity contribution in [3.05, 3.63) is 23.3 Å². The van der Waals surface area contributed by atoms with E-state index < -0.39 is 0 Å². The van der Waals surface area contributed by atoms with E-state index in [4.69, 9.17) is 14.7 Å². The van der Waals surface area contributed by atoms with Gasteiger partial charge < -0.3 is 14.7 Å². The highest BCUT2D eigenvalue weighted by molar-refractivity contribution is 6.02.